The van der Waals surface area contributed by atoms with Gasteiger partial charge in [0.25, 0.3) is 0 Å². The third-order valence-electron chi connectivity index (χ3n) is 4.55. The number of rotatable bonds is 9. The maximum absolute atomic E-state index is 12.9. The number of allylic oxidation sites excluding steroid dienone is 1. The molecule has 0 aliphatic rings. The van der Waals surface area contributed by atoms with Gasteiger partial charge in [-0.05, 0) is 23.8 Å². The first kappa shape index (κ1) is 21.8. The van der Waals surface area contributed by atoms with Crippen LogP contribution in [0.3, 0.4) is 0 Å². The molecule has 0 bridgehead atoms. The number of carbonyl (C=O) groups excluding carboxylic acids is 1. The summed E-state index contributed by atoms with van der Waals surface area (Å²) < 4.78 is 27.5. The highest BCUT2D eigenvalue weighted by Gasteiger charge is 2.17. The Labute approximate surface area is 181 Å². The molecular formula is C25H24O6. The first-order chi connectivity index (χ1) is 15.1. The lowest BCUT2D eigenvalue weighted by molar-refractivity contribution is 0.104. The molecule has 0 saturated carbocycles. The second-order valence-corrected chi connectivity index (χ2v) is 6.43. The van der Waals surface area contributed by atoms with Gasteiger partial charge in [-0.2, -0.15) is 0 Å². The van der Waals surface area contributed by atoms with Gasteiger partial charge in [0.05, 0.1) is 34.0 Å². The molecule has 0 N–H and O–H groups in total. The molecule has 0 aromatic heterocycles. The molecule has 0 amide bonds. The van der Waals surface area contributed by atoms with Crippen LogP contribution in [0.4, 0.5) is 0 Å². The molecule has 0 radical (unpaired) electrons. The lowest BCUT2D eigenvalue weighted by atomic mass is 10.1. The Bertz CT molecular complexity index is 1050. The lowest BCUT2D eigenvalue weighted by Gasteiger charge is -2.16. The highest BCUT2D eigenvalue weighted by Crippen LogP contribution is 2.42. The van der Waals surface area contributed by atoms with Crippen molar-refractivity contribution in [3.8, 4) is 34.5 Å². The molecule has 0 spiro atoms. The van der Waals surface area contributed by atoms with E-state index in [1.54, 1.807) is 43.5 Å². The molecule has 0 atom stereocenters. The van der Waals surface area contributed by atoms with Gasteiger partial charge in [-0.3, -0.25) is 4.79 Å². The van der Waals surface area contributed by atoms with Crippen LogP contribution in [0, 0.1) is 0 Å². The van der Waals surface area contributed by atoms with E-state index in [0.717, 1.165) is 5.56 Å². The Morgan fingerprint density at radius 1 is 0.710 bits per heavy atom. The van der Waals surface area contributed by atoms with E-state index in [0.29, 0.717) is 40.1 Å². The molecule has 31 heavy (non-hydrogen) atoms. The highest BCUT2D eigenvalue weighted by molar-refractivity contribution is 6.08. The second kappa shape index (κ2) is 10.2. The molecular weight excluding hydrogens is 396 g/mol. The number of methoxy groups -OCH3 is 4. The van der Waals surface area contributed by atoms with E-state index in [-0.39, 0.29) is 5.78 Å². The maximum Gasteiger partial charge on any atom is 0.203 e. The van der Waals surface area contributed by atoms with E-state index < -0.39 is 0 Å². The number of hydrogen-bond donors (Lipinski definition) is 0. The van der Waals surface area contributed by atoms with Crippen LogP contribution in [-0.4, -0.2) is 34.2 Å². The molecule has 3 aromatic rings. The predicted molar refractivity (Wildman–Crippen MR) is 119 cm³/mol. The molecule has 0 saturated heterocycles. The summed E-state index contributed by atoms with van der Waals surface area (Å²) in [5.41, 5.74) is 1.32. The van der Waals surface area contributed by atoms with E-state index in [9.17, 15) is 4.79 Å². The van der Waals surface area contributed by atoms with Crippen molar-refractivity contribution < 1.29 is 28.5 Å². The van der Waals surface area contributed by atoms with Crippen LogP contribution in [0.1, 0.15) is 15.9 Å². The van der Waals surface area contributed by atoms with Gasteiger partial charge in [0.2, 0.25) is 5.75 Å². The van der Waals surface area contributed by atoms with Gasteiger partial charge < -0.3 is 23.7 Å². The summed E-state index contributed by atoms with van der Waals surface area (Å²) in [6.07, 6.45) is 3.27. The summed E-state index contributed by atoms with van der Waals surface area (Å²) in [6.45, 7) is 0. The van der Waals surface area contributed by atoms with Gasteiger partial charge >= 0.3 is 0 Å². The van der Waals surface area contributed by atoms with E-state index in [1.807, 2.05) is 30.3 Å². The Hall–Kier alpha value is -3.93. The molecule has 6 heteroatoms. The molecule has 3 aromatic carbocycles. The molecule has 0 unspecified atom stereocenters. The number of carbonyl (C=O) groups is 1. The van der Waals surface area contributed by atoms with Crippen molar-refractivity contribution in [3.63, 3.8) is 0 Å². The molecule has 0 fully saturated rings. The Balaban J connectivity index is 1.97. The van der Waals surface area contributed by atoms with Gasteiger partial charge in [0.1, 0.15) is 17.2 Å². The van der Waals surface area contributed by atoms with Gasteiger partial charge in [0.15, 0.2) is 17.3 Å². The van der Waals surface area contributed by atoms with Crippen molar-refractivity contribution in [3.05, 3.63) is 77.9 Å². The summed E-state index contributed by atoms with van der Waals surface area (Å²) in [6, 6.07) is 18.0. The largest absolute Gasteiger partial charge is 0.497 e. The van der Waals surface area contributed by atoms with Crippen molar-refractivity contribution in [2.75, 3.05) is 28.4 Å². The van der Waals surface area contributed by atoms with Crippen LogP contribution in [0.5, 0.6) is 34.5 Å². The molecule has 0 aliphatic heterocycles. The smallest absolute Gasteiger partial charge is 0.203 e. The average Bonchev–Trinajstić information content (AvgIpc) is 2.82. The zero-order valence-corrected chi connectivity index (χ0v) is 17.9. The van der Waals surface area contributed by atoms with E-state index >= 15 is 0 Å². The SMILES string of the molecule is COc1ccc(C(=O)/C=C/c2ccccc2)c(Oc2cc(OC)c(OC)c(OC)c2)c1. The van der Waals surface area contributed by atoms with Crippen LogP contribution in [-0.2, 0) is 0 Å². The lowest BCUT2D eigenvalue weighted by Crippen LogP contribution is -2.01. The average molecular weight is 420 g/mol. The fourth-order valence-corrected chi connectivity index (χ4v) is 2.99. The molecule has 6 nitrogen and oxygen atoms in total. The summed E-state index contributed by atoms with van der Waals surface area (Å²) >= 11 is 0. The monoisotopic (exact) mass is 420 g/mol. The van der Waals surface area contributed by atoms with Crippen LogP contribution in [0.2, 0.25) is 0 Å². The quantitative estimate of drug-likeness (QED) is 0.341. The molecule has 0 heterocycles. The predicted octanol–water partition coefficient (Wildman–Crippen LogP) is 5.41. The molecule has 160 valence electrons. The summed E-state index contributed by atoms with van der Waals surface area (Å²) in [5.74, 6) is 2.46. The van der Waals surface area contributed by atoms with Crippen molar-refractivity contribution in [1.29, 1.82) is 0 Å². The van der Waals surface area contributed by atoms with Crippen molar-refractivity contribution in [2.24, 2.45) is 0 Å². The van der Waals surface area contributed by atoms with E-state index in [1.165, 1.54) is 27.4 Å². The minimum atomic E-state index is -0.200. The van der Waals surface area contributed by atoms with Gasteiger partial charge in [-0.1, -0.05) is 36.4 Å². The molecule has 0 aliphatic carbocycles. The Morgan fingerprint density at radius 3 is 1.94 bits per heavy atom. The van der Waals surface area contributed by atoms with Gasteiger partial charge in [-0.15, -0.1) is 0 Å². The molecule has 3 rings (SSSR count). The van der Waals surface area contributed by atoms with Crippen molar-refractivity contribution in [1.82, 2.24) is 0 Å². The Morgan fingerprint density at radius 2 is 1.35 bits per heavy atom. The summed E-state index contributed by atoms with van der Waals surface area (Å²) in [5, 5.41) is 0. The van der Waals surface area contributed by atoms with Gasteiger partial charge in [0, 0.05) is 18.2 Å². The number of ether oxygens (including phenoxy) is 5. The van der Waals surface area contributed by atoms with E-state index in [4.69, 9.17) is 23.7 Å². The van der Waals surface area contributed by atoms with E-state index in [2.05, 4.69) is 0 Å². The van der Waals surface area contributed by atoms with Crippen LogP contribution >= 0.6 is 0 Å². The van der Waals surface area contributed by atoms with Crippen molar-refractivity contribution in [2.45, 2.75) is 0 Å². The normalized spacial score (nSPS) is 10.6. The minimum absolute atomic E-state index is 0.200. The summed E-state index contributed by atoms with van der Waals surface area (Å²) in [7, 11) is 6.13. The second-order valence-electron chi connectivity index (χ2n) is 6.43. The maximum atomic E-state index is 12.9. The van der Waals surface area contributed by atoms with Crippen molar-refractivity contribution >= 4 is 11.9 Å². The fourth-order valence-electron chi connectivity index (χ4n) is 2.99. The fraction of sp³-hybridized carbons (Fsp3) is 0.160. The van der Waals surface area contributed by atoms with Crippen LogP contribution in [0.25, 0.3) is 6.08 Å². The zero-order chi connectivity index (χ0) is 22.2. The van der Waals surface area contributed by atoms with Crippen LogP contribution in [0.15, 0.2) is 66.7 Å². The minimum Gasteiger partial charge on any atom is -0.497 e. The standard InChI is InChI=1S/C25H24O6/c1-27-18-11-12-20(21(26)13-10-17-8-6-5-7-9-17)22(14-18)31-19-15-23(28-2)25(30-4)24(16-19)29-3/h5-16H,1-4H3/b13-10+. The number of ketones is 1. The van der Waals surface area contributed by atoms with Crippen LogP contribution < -0.4 is 23.7 Å². The number of hydrogen-bond acceptors (Lipinski definition) is 6. The Kier molecular flexibility index (Phi) is 7.17. The highest BCUT2D eigenvalue weighted by atomic mass is 16.5. The first-order valence-corrected chi connectivity index (χ1v) is 9.53. The topological polar surface area (TPSA) is 63.2 Å². The zero-order valence-electron chi connectivity index (χ0n) is 17.9. The third kappa shape index (κ3) is 5.17. The summed E-state index contributed by atoms with van der Waals surface area (Å²) in [4.78, 5) is 12.9. The third-order valence-corrected chi connectivity index (χ3v) is 4.55. The first-order valence-electron chi connectivity index (χ1n) is 9.53. The number of benzene rings is 3. The van der Waals surface area contributed by atoms with Gasteiger partial charge in [-0.25, -0.2) is 0 Å².